The fourth-order valence-corrected chi connectivity index (χ4v) is 1.51. The zero-order valence-corrected chi connectivity index (χ0v) is 10.1. The molecular formula is C12H18FN3O. The van der Waals surface area contributed by atoms with Gasteiger partial charge in [0.1, 0.15) is 11.5 Å². The lowest BCUT2D eigenvalue weighted by Crippen LogP contribution is -2.38. The molecule has 1 rings (SSSR count). The molecule has 1 unspecified atom stereocenters. The normalized spacial score (nSPS) is 12.5. The fourth-order valence-electron chi connectivity index (χ4n) is 1.51. The molecule has 0 aromatic carbocycles. The minimum absolute atomic E-state index is 0.0700. The van der Waals surface area contributed by atoms with Crippen LogP contribution in [0, 0.1) is 11.7 Å². The SMILES string of the molecule is CC(C)CC(N)CNC(=O)c1ccc(F)cn1. The van der Waals surface area contributed by atoms with Gasteiger partial charge in [-0.25, -0.2) is 9.37 Å². The molecule has 0 spiro atoms. The Morgan fingerprint density at radius 2 is 2.24 bits per heavy atom. The summed E-state index contributed by atoms with van der Waals surface area (Å²) < 4.78 is 12.6. The van der Waals surface area contributed by atoms with Crippen LogP contribution in [0.3, 0.4) is 0 Å². The third-order valence-electron chi connectivity index (χ3n) is 2.26. The number of hydrogen-bond acceptors (Lipinski definition) is 3. The molecule has 0 aliphatic carbocycles. The van der Waals surface area contributed by atoms with Crippen LogP contribution in [-0.2, 0) is 0 Å². The second kappa shape index (κ2) is 6.30. The highest BCUT2D eigenvalue weighted by Gasteiger charge is 2.10. The van der Waals surface area contributed by atoms with Crippen molar-refractivity contribution < 1.29 is 9.18 Å². The average molecular weight is 239 g/mol. The van der Waals surface area contributed by atoms with Crippen LogP contribution >= 0.6 is 0 Å². The van der Waals surface area contributed by atoms with Gasteiger partial charge in [0.15, 0.2) is 0 Å². The third-order valence-corrected chi connectivity index (χ3v) is 2.26. The smallest absolute Gasteiger partial charge is 0.269 e. The minimum atomic E-state index is -0.460. The Labute approximate surface area is 100 Å². The molecule has 0 aliphatic heterocycles. The second-order valence-corrected chi connectivity index (χ2v) is 4.46. The first-order valence-electron chi connectivity index (χ1n) is 5.64. The molecule has 1 aromatic heterocycles. The second-order valence-electron chi connectivity index (χ2n) is 4.46. The van der Waals surface area contributed by atoms with E-state index in [2.05, 4.69) is 24.1 Å². The summed E-state index contributed by atoms with van der Waals surface area (Å²) in [5.41, 5.74) is 6.03. The molecule has 1 atom stereocenters. The van der Waals surface area contributed by atoms with Gasteiger partial charge < -0.3 is 11.1 Å². The van der Waals surface area contributed by atoms with Gasteiger partial charge in [0, 0.05) is 12.6 Å². The molecule has 0 saturated carbocycles. The van der Waals surface area contributed by atoms with Crippen LogP contribution in [0.4, 0.5) is 4.39 Å². The summed E-state index contributed by atoms with van der Waals surface area (Å²) in [4.78, 5) is 15.3. The van der Waals surface area contributed by atoms with Crippen molar-refractivity contribution >= 4 is 5.91 Å². The van der Waals surface area contributed by atoms with E-state index in [1.807, 2.05) is 0 Å². The minimum Gasteiger partial charge on any atom is -0.349 e. The highest BCUT2D eigenvalue weighted by molar-refractivity contribution is 5.92. The highest BCUT2D eigenvalue weighted by Crippen LogP contribution is 2.02. The summed E-state index contributed by atoms with van der Waals surface area (Å²) in [6.45, 7) is 4.54. The van der Waals surface area contributed by atoms with Crippen LogP contribution in [0.25, 0.3) is 0 Å². The van der Waals surface area contributed by atoms with E-state index in [1.165, 1.54) is 12.1 Å². The quantitative estimate of drug-likeness (QED) is 0.814. The number of rotatable bonds is 5. The molecule has 0 bridgehead atoms. The van der Waals surface area contributed by atoms with Crippen molar-refractivity contribution in [2.24, 2.45) is 11.7 Å². The molecule has 0 saturated heterocycles. The van der Waals surface area contributed by atoms with Gasteiger partial charge in [0.2, 0.25) is 0 Å². The Morgan fingerprint density at radius 1 is 1.53 bits per heavy atom. The Morgan fingerprint density at radius 3 is 2.76 bits per heavy atom. The van der Waals surface area contributed by atoms with E-state index in [4.69, 9.17) is 5.73 Å². The van der Waals surface area contributed by atoms with E-state index in [0.29, 0.717) is 12.5 Å². The van der Waals surface area contributed by atoms with Gasteiger partial charge in [-0.2, -0.15) is 0 Å². The number of nitrogens with zero attached hydrogens (tertiary/aromatic N) is 1. The number of pyridine rings is 1. The van der Waals surface area contributed by atoms with Gasteiger partial charge in [0.25, 0.3) is 5.91 Å². The van der Waals surface area contributed by atoms with Crippen molar-refractivity contribution in [2.75, 3.05) is 6.54 Å². The van der Waals surface area contributed by atoms with Gasteiger partial charge in [-0.15, -0.1) is 0 Å². The maximum atomic E-state index is 12.6. The lowest BCUT2D eigenvalue weighted by Gasteiger charge is -2.14. The van der Waals surface area contributed by atoms with Crippen molar-refractivity contribution in [3.05, 3.63) is 29.8 Å². The van der Waals surface area contributed by atoms with E-state index in [0.717, 1.165) is 12.6 Å². The lowest BCUT2D eigenvalue weighted by atomic mass is 10.0. The number of hydrogen-bond donors (Lipinski definition) is 2. The number of carbonyl (C=O) groups is 1. The maximum Gasteiger partial charge on any atom is 0.269 e. The van der Waals surface area contributed by atoms with E-state index >= 15 is 0 Å². The molecule has 0 aliphatic rings. The molecule has 5 heteroatoms. The first-order chi connectivity index (χ1) is 7.99. The maximum absolute atomic E-state index is 12.6. The van der Waals surface area contributed by atoms with Crippen molar-refractivity contribution in [2.45, 2.75) is 26.3 Å². The van der Waals surface area contributed by atoms with Crippen molar-refractivity contribution in [1.82, 2.24) is 10.3 Å². The van der Waals surface area contributed by atoms with Crippen LogP contribution in [0.5, 0.6) is 0 Å². The van der Waals surface area contributed by atoms with Crippen molar-refractivity contribution in [3.63, 3.8) is 0 Å². The number of nitrogens with one attached hydrogen (secondary N) is 1. The van der Waals surface area contributed by atoms with E-state index < -0.39 is 5.82 Å². The molecule has 1 heterocycles. The zero-order valence-electron chi connectivity index (χ0n) is 10.1. The number of nitrogens with two attached hydrogens (primary N) is 1. The fraction of sp³-hybridized carbons (Fsp3) is 0.500. The van der Waals surface area contributed by atoms with Gasteiger partial charge >= 0.3 is 0 Å². The Bertz CT molecular complexity index is 365. The van der Waals surface area contributed by atoms with Gasteiger partial charge in [-0.05, 0) is 24.5 Å². The average Bonchev–Trinajstić information content (AvgIpc) is 2.26. The zero-order chi connectivity index (χ0) is 12.8. The Balaban J connectivity index is 2.42. The summed E-state index contributed by atoms with van der Waals surface area (Å²) >= 11 is 0. The number of carbonyl (C=O) groups excluding carboxylic acids is 1. The number of amides is 1. The summed E-state index contributed by atoms with van der Waals surface area (Å²) in [5, 5.41) is 2.67. The first-order valence-corrected chi connectivity index (χ1v) is 5.64. The lowest BCUT2D eigenvalue weighted by molar-refractivity contribution is 0.0945. The first kappa shape index (κ1) is 13.6. The summed E-state index contributed by atoms with van der Waals surface area (Å²) in [5.74, 6) is -0.298. The Kier molecular flexibility index (Phi) is 5.03. The standard InChI is InChI=1S/C12H18FN3O/c1-8(2)5-10(14)7-16-12(17)11-4-3-9(13)6-15-11/h3-4,6,8,10H,5,7,14H2,1-2H3,(H,16,17). The number of aromatic nitrogens is 1. The highest BCUT2D eigenvalue weighted by atomic mass is 19.1. The van der Waals surface area contributed by atoms with Gasteiger partial charge in [-0.1, -0.05) is 13.8 Å². The Hall–Kier alpha value is -1.49. The van der Waals surface area contributed by atoms with Gasteiger partial charge in [0.05, 0.1) is 6.20 Å². The molecule has 94 valence electrons. The molecule has 1 aromatic rings. The van der Waals surface area contributed by atoms with E-state index in [9.17, 15) is 9.18 Å². The summed E-state index contributed by atoms with van der Waals surface area (Å²) in [6, 6.07) is 2.48. The molecular weight excluding hydrogens is 221 g/mol. The van der Waals surface area contributed by atoms with Crippen LogP contribution in [0.15, 0.2) is 18.3 Å². The van der Waals surface area contributed by atoms with Crippen molar-refractivity contribution in [3.8, 4) is 0 Å². The van der Waals surface area contributed by atoms with E-state index in [1.54, 1.807) is 0 Å². The summed E-state index contributed by atoms with van der Waals surface area (Å²) in [7, 11) is 0. The number of halogens is 1. The van der Waals surface area contributed by atoms with Crippen LogP contribution in [-0.4, -0.2) is 23.5 Å². The van der Waals surface area contributed by atoms with Gasteiger partial charge in [-0.3, -0.25) is 4.79 Å². The predicted molar refractivity (Wildman–Crippen MR) is 64.0 cm³/mol. The molecule has 3 N–H and O–H groups in total. The monoisotopic (exact) mass is 239 g/mol. The third kappa shape index (κ3) is 4.91. The molecule has 4 nitrogen and oxygen atoms in total. The van der Waals surface area contributed by atoms with Crippen LogP contribution in [0.2, 0.25) is 0 Å². The predicted octanol–water partition coefficient (Wildman–Crippen LogP) is 1.32. The van der Waals surface area contributed by atoms with Crippen LogP contribution in [0.1, 0.15) is 30.8 Å². The topological polar surface area (TPSA) is 68.0 Å². The van der Waals surface area contributed by atoms with Crippen LogP contribution < -0.4 is 11.1 Å². The summed E-state index contributed by atoms with van der Waals surface area (Å²) in [6.07, 6.45) is 1.86. The molecule has 1 amide bonds. The molecule has 0 fully saturated rings. The molecule has 0 radical (unpaired) electrons. The van der Waals surface area contributed by atoms with E-state index in [-0.39, 0.29) is 17.6 Å². The largest absolute Gasteiger partial charge is 0.349 e. The van der Waals surface area contributed by atoms with Crippen molar-refractivity contribution in [1.29, 1.82) is 0 Å². The molecule has 17 heavy (non-hydrogen) atoms.